The van der Waals surface area contributed by atoms with Gasteiger partial charge in [0.2, 0.25) is 17.7 Å². The summed E-state index contributed by atoms with van der Waals surface area (Å²) >= 11 is 1.72. The summed E-state index contributed by atoms with van der Waals surface area (Å²) in [5.41, 5.74) is 1.04. The van der Waals surface area contributed by atoms with E-state index >= 15 is 0 Å². The molecule has 0 atom stereocenters. The van der Waals surface area contributed by atoms with Crippen molar-refractivity contribution in [3.8, 4) is 0 Å². The summed E-state index contributed by atoms with van der Waals surface area (Å²) in [4.78, 5) is 40.6. The van der Waals surface area contributed by atoms with Crippen LogP contribution in [0.15, 0.2) is 28.8 Å². The fourth-order valence-electron chi connectivity index (χ4n) is 5.08. The molecule has 0 radical (unpaired) electrons. The number of rotatable bonds is 9. The Balaban J connectivity index is 0.994. The Bertz CT molecular complexity index is 1140. The molecule has 2 saturated heterocycles. The number of aryl methyl sites for hydroxylation is 2. The van der Waals surface area contributed by atoms with Crippen molar-refractivity contribution in [3.05, 3.63) is 41.0 Å². The molecule has 5 rings (SSSR count). The van der Waals surface area contributed by atoms with Gasteiger partial charge in [-0.3, -0.25) is 14.5 Å². The molecule has 0 aliphatic carbocycles. The van der Waals surface area contributed by atoms with Gasteiger partial charge >= 0.3 is 0 Å². The lowest BCUT2D eigenvalue weighted by Crippen LogP contribution is -2.48. The van der Waals surface area contributed by atoms with Gasteiger partial charge in [-0.15, -0.1) is 11.3 Å². The van der Waals surface area contributed by atoms with Crippen molar-refractivity contribution in [1.29, 1.82) is 0 Å². The van der Waals surface area contributed by atoms with E-state index in [9.17, 15) is 9.59 Å². The molecule has 0 saturated carbocycles. The number of fused-ring (bicyclic) bond motifs is 1. The van der Waals surface area contributed by atoms with E-state index in [0.717, 1.165) is 75.5 Å². The summed E-state index contributed by atoms with van der Waals surface area (Å²) in [5.74, 6) is 1.58. The number of amides is 2. The second-order valence-electron chi connectivity index (χ2n) is 9.99. The first-order chi connectivity index (χ1) is 18.1. The van der Waals surface area contributed by atoms with Crippen molar-refractivity contribution >= 4 is 33.4 Å². The molecule has 0 unspecified atom stereocenters. The summed E-state index contributed by atoms with van der Waals surface area (Å²) in [7, 11) is 0. The minimum absolute atomic E-state index is 0.183. The predicted octanol–water partition coefficient (Wildman–Crippen LogP) is 3.68. The first-order valence-electron chi connectivity index (χ1n) is 13.6. The molecule has 2 fully saturated rings. The molecule has 2 aromatic heterocycles. The van der Waals surface area contributed by atoms with E-state index in [1.54, 1.807) is 11.3 Å². The molecule has 2 aliphatic heterocycles. The molecule has 1 aromatic carbocycles. The van der Waals surface area contributed by atoms with Crippen LogP contribution in [-0.2, 0) is 29.0 Å². The minimum Gasteiger partial charge on any atom is -0.343 e. The van der Waals surface area contributed by atoms with Crippen LogP contribution < -0.4 is 0 Å². The predicted molar refractivity (Wildman–Crippen MR) is 142 cm³/mol. The van der Waals surface area contributed by atoms with Gasteiger partial charge < -0.3 is 14.3 Å². The van der Waals surface area contributed by atoms with Gasteiger partial charge in [-0.05, 0) is 37.8 Å². The van der Waals surface area contributed by atoms with Crippen molar-refractivity contribution < 1.29 is 14.1 Å². The Labute approximate surface area is 221 Å². The van der Waals surface area contributed by atoms with Crippen LogP contribution in [0, 0.1) is 0 Å². The summed E-state index contributed by atoms with van der Waals surface area (Å²) in [6.45, 7) is 5.35. The third-order valence-electron chi connectivity index (χ3n) is 7.23. The van der Waals surface area contributed by atoms with Crippen LogP contribution in [0.3, 0.4) is 0 Å². The summed E-state index contributed by atoms with van der Waals surface area (Å²) < 4.78 is 6.60. The number of hydrogen-bond acceptors (Lipinski definition) is 8. The van der Waals surface area contributed by atoms with E-state index in [0.29, 0.717) is 37.5 Å². The largest absolute Gasteiger partial charge is 0.343 e. The first kappa shape index (κ1) is 25.8. The highest BCUT2D eigenvalue weighted by Crippen LogP contribution is 2.23. The number of benzene rings is 1. The molecule has 0 N–H and O–H groups in total. The first-order valence-corrected chi connectivity index (χ1v) is 14.4. The van der Waals surface area contributed by atoms with Crippen molar-refractivity contribution in [1.82, 2.24) is 29.8 Å². The molecule has 0 bridgehead atoms. The monoisotopic (exact) mass is 524 g/mol. The SMILES string of the molecule is O=C(CCc1nc(CN2CCN(C(=O)CCCc3nc4ccccc4s3)CC2)no1)N1CCCCCC1. The lowest BCUT2D eigenvalue weighted by molar-refractivity contribution is -0.133. The van der Waals surface area contributed by atoms with E-state index in [2.05, 4.69) is 26.1 Å². The smallest absolute Gasteiger partial charge is 0.227 e. The number of carbonyl (C=O) groups excluding carboxylic acids is 2. The summed E-state index contributed by atoms with van der Waals surface area (Å²) in [6, 6.07) is 8.17. The van der Waals surface area contributed by atoms with Crippen molar-refractivity contribution in [3.63, 3.8) is 0 Å². The average molecular weight is 525 g/mol. The van der Waals surface area contributed by atoms with Gasteiger partial charge in [-0.1, -0.05) is 30.1 Å². The van der Waals surface area contributed by atoms with Crippen LogP contribution in [0.2, 0.25) is 0 Å². The average Bonchev–Trinajstić information content (AvgIpc) is 3.44. The fraction of sp³-hybridized carbons (Fsp3) is 0.593. The molecular weight excluding hydrogens is 488 g/mol. The molecule has 4 heterocycles. The van der Waals surface area contributed by atoms with Crippen LogP contribution in [0.4, 0.5) is 0 Å². The highest BCUT2D eigenvalue weighted by Gasteiger charge is 2.23. The van der Waals surface area contributed by atoms with Crippen LogP contribution >= 0.6 is 11.3 Å². The normalized spacial score (nSPS) is 17.3. The molecule has 10 heteroatoms. The quantitative estimate of drug-likeness (QED) is 0.421. The van der Waals surface area contributed by atoms with Crippen molar-refractivity contribution in [2.75, 3.05) is 39.3 Å². The maximum atomic E-state index is 12.7. The van der Waals surface area contributed by atoms with Crippen LogP contribution in [0.1, 0.15) is 61.7 Å². The number of hydrogen-bond donors (Lipinski definition) is 0. The van der Waals surface area contributed by atoms with Gasteiger partial charge in [-0.25, -0.2) is 4.98 Å². The summed E-state index contributed by atoms with van der Waals surface area (Å²) in [5, 5.41) is 5.22. The Morgan fingerprint density at radius 2 is 1.57 bits per heavy atom. The van der Waals surface area contributed by atoms with Crippen LogP contribution in [0.25, 0.3) is 10.2 Å². The number of para-hydroxylation sites is 1. The third-order valence-corrected chi connectivity index (χ3v) is 8.33. The molecule has 9 nitrogen and oxygen atoms in total. The van der Waals surface area contributed by atoms with E-state index in [-0.39, 0.29) is 11.8 Å². The van der Waals surface area contributed by atoms with E-state index in [1.165, 1.54) is 17.5 Å². The Kier molecular flexibility index (Phi) is 8.78. The molecule has 2 amide bonds. The third kappa shape index (κ3) is 7.13. The van der Waals surface area contributed by atoms with Crippen molar-refractivity contribution in [2.24, 2.45) is 0 Å². The van der Waals surface area contributed by atoms with Crippen LogP contribution in [-0.4, -0.2) is 80.9 Å². The second kappa shape index (κ2) is 12.6. The molecule has 198 valence electrons. The zero-order valence-electron chi connectivity index (χ0n) is 21.4. The number of aromatic nitrogens is 3. The maximum absolute atomic E-state index is 12.7. The molecular formula is C27H36N6O3S. The molecule has 2 aliphatic rings. The lowest BCUT2D eigenvalue weighted by Gasteiger charge is -2.34. The molecule has 0 spiro atoms. The minimum atomic E-state index is 0.183. The zero-order valence-corrected chi connectivity index (χ0v) is 22.3. The molecule has 37 heavy (non-hydrogen) atoms. The maximum Gasteiger partial charge on any atom is 0.227 e. The number of piperazine rings is 1. The zero-order chi connectivity index (χ0) is 25.5. The van der Waals surface area contributed by atoms with Gasteiger partial charge in [0.1, 0.15) is 0 Å². The van der Waals surface area contributed by atoms with Gasteiger partial charge in [0.15, 0.2) is 5.82 Å². The number of carbonyl (C=O) groups is 2. The Morgan fingerprint density at radius 3 is 2.35 bits per heavy atom. The van der Waals surface area contributed by atoms with E-state index < -0.39 is 0 Å². The van der Waals surface area contributed by atoms with Crippen molar-refractivity contribution in [2.45, 2.75) is 64.3 Å². The van der Waals surface area contributed by atoms with E-state index in [4.69, 9.17) is 4.52 Å². The Morgan fingerprint density at radius 1 is 0.838 bits per heavy atom. The van der Waals surface area contributed by atoms with E-state index in [1.807, 2.05) is 28.0 Å². The van der Waals surface area contributed by atoms with Crippen LogP contribution in [0.5, 0.6) is 0 Å². The van der Waals surface area contributed by atoms with Gasteiger partial charge in [0.05, 0.1) is 21.8 Å². The molecule has 3 aromatic rings. The highest BCUT2D eigenvalue weighted by atomic mass is 32.1. The second-order valence-corrected chi connectivity index (χ2v) is 11.1. The standard InChI is InChI=1S/C27H36N6O3S/c34-26(11-7-10-25-28-21-8-3-4-9-22(21)37-25)33-18-16-31(17-19-33)20-23-29-24(36-30-23)12-13-27(35)32-14-5-1-2-6-15-32/h3-4,8-9H,1-2,5-7,10-20H2. The van der Waals surface area contributed by atoms with Gasteiger partial charge in [0.25, 0.3) is 0 Å². The number of thiazole rings is 1. The number of likely N-dealkylation sites (tertiary alicyclic amines) is 1. The Hall–Kier alpha value is -2.85. The summed E-state index contributed by atoms with van der Waals surface area (Å²) in [6.07, 6.45) is 7.75. The highest BCUT2D eigenvalue weighted by molar-refractivity contribution is 7.18. The number of nitrogens with zero attached hydrogens (tertiary/aromatic N) is 6. The van der Waals surface area contributed by atoms with Gasteiger partial charge in [-0.2, -0.15) is 4.98 Å². The fourth-order valence-corrected chi connectivity index (χ4v) is 6.09. The topological polar surface area (TPSA) is 95.7 Å². The lowest BCUT2D eigenvalue weighted by atomic mass is 10.2. The van der Waals surface area contributed by atoms with Gasteiger partial charge in [0, 0.05) is 58.5 Å².